The van der Waals surface area contributed by atoms with Crippen LogP contribution in [0, 0.1) is 0 Å². The van der Waals surface area contributed by atoms with E-state index in [4.69, 9.17) is 4.98 Å². The number of carbonyl (C=O) groups is 1. The summed E-state index contributed by atoms with van der Waals surface area (Å²) in [5.41, 5.74) is 3.10. The topological polar surface area (TPSA) is 64.0 Å². The van der Waals surface area contributed by atoms with E-state index in [1.165, 1.54) is 6.42 Å². The van der Waals surface area contributed by atoms with E-state index in [1.54, 1.807) is 18.2 Å². The third-order valence-electron chi connectivity index (χ3n) is 6.18. The number of benzene rings is 2. The summed E-state index contributed by atoms with van der Waals surface area (Å²) in [5.74, 6) is 1.02. The van der Waals surface area contributed by atoms with Crippen LogP contribution in [0.3, 0.4) is 0 Å². The second-order valence-electron chi connectivity index (χ2n) is 8.23. The van der Waals surface area contributed by atoms with Crippen LogP contribution in [0.15, 0.2) is 47.3 Å². The number of hydrogen-bond donors (Lipinski definition) is 1. The average molecular weight is 404 g/mol. The molecule has 1 aliphatic rings. The maximum absolute atomic E-state index is 13.0. The van der Waals surface area contributed by atoms with Crippen molar-refractivity contribution in [2.45, 2.75) is 64.8 Å². The van der Waals surface area contributed by atoms with E-state index in [0.29, 0.717) is 22.4 Å². The lowest BCUT2D eigenvalue weighted by molar-refractivity contribution is 0.102. The molecule has 3 aromatic rings. The zero-order valence-electron chi connectivity index (χ0n) is 17.8. The standard InChI is InChI=1S/C25H29N3O2/c1-3-17(2)19-10-7-8-11-21(19)27-24(29)18-13-14-20-22(16-18)26-23-12-6-4-5-9-15-28(23)25(20)30/h7-8,10-11,13-14,16-17H,3-6,9,12,15H2,1-2H3,(H,27,29)/t17-/m0/s1. The van der Waals surface area contributed by atoms with Crippen molar-refractivity contribution in [3.8, 4) is 0 Å². The lowest BCUT2D eigenvalue weighted by atomic mass is 9.96. The zero-order chi connectivity index (χ0) is 21.1. The van der Waals surface area contributed by atoms with Gasteiger partial charge in [0.15, 0.2) is 0 Å². The SMILES string of the molecule is CC[C@H](C)c1ccccc1NC(=O)c1ccc2c(=O)n3c(nc2c1)CCCCCC3. The summed E-state index contributed by atoms with van der Waals surface area (Å²) < 4.78 is 1.82. The van der Waals surface area contributed by atoms with E-state index in [-0.39, 0.29) is 11.5 Å². The normalized spacial score (nSPS) is 15.1. The second kappa shape index (κ2) is 8.82. The molecule has 0 bridgehead atoms. The summed E-state index contributed by atoms with van der Waals surface area (Å²) in [4.78, 5) is 30.7. The Balaban J connectivity index is 1.68. The summed E-state index contributed by atoms with van der Waals surface area (Å²) in [6.45, 7) is 5.03. The van der Waals surface area contributed by atoms with Gasteiger partial charge in [-0.15, -0.1) is 0 Å². The smallest absolute Gasteiger partial charge is 0.261 e. The maximum atomic E-state index is 13.0. The van der Waals surface area contributed by atoms with Gasteiger partial charge in [-0.1, -0.05) is 44.9 Å². The molecule has 0 aliphatic carbocycles. The number of rotatable bonds is 4. The molecule has 4 rings (SSSR count). The quantitative estimate of drug-likeness (QED) is 0.645. The first-order valence-electron chi connectivity index (χ1n) is 11.0. The maximum Gasteiger partial charge on any atom is 0.261 e. The first kappa shape index (κ1) is 20.3. The van der Waals surface area contributed by atoms with E-state index < -0.39 is 0 Å². The summed E-state index contributed by atoms with van der Waals surface area (Å²) in [5, 5.41) is 3.63. The van der Waals surface area contributed by atoms with Crippen molar-refractivity contribution >= 4 is 22.5 Å². The fraction of sp³-hybridized carbons (Fsp3) is 0.400. The summed E-state index contributed by atoms with van der Waals surface area (Å²) >= 11 is 0. The van der Waals surface area contributed by atoms with Crippen molar-refractivity contribution in [2.24, 2.45) is 0 Å². The fourth-order valence-electron chi connectivity index (χ4n) is 4.19. The Kier molecular flexibility index (Phi) is 5.98. The van der Waals surface area contributed by atoms with Gasteiger partial charge in [0.1, 0.15) is 5.82 Å². The average Bonchev–Trinajstić information content (AvgIpc) is 2.74. The van der Waals surface area contributed by atoms with Crippen molar-refractivity contribution in [1.29, 1.82) is 0 Å². The molecule has 0 fully saturated rings. The predicted molar refractivity (Wildman–Crippen MR) is 121 cm³/mol. The highest BCUT2D eigenvalue weighted by atomic mass is 16.1. The molecule has 1 aromatic heterocycles. The van der Waals surface area contributed by atoms with E-state index >= 15 is 0 Å². The number of fused-ring (bicyclic) bond motifs is 2. The lowest BCUT2D eigenvalue weighted by Gasteiger charge is -2.17. The largest absolute Gasteiger partial charge is 0.322 e. The number of nitrogens with zero attached hydrogens (tertiary/aromatic N) is 2. The van der Waals surface area contributed by atoms with Crippen LogP contribution in [-0.4, -0.2) is 15.5 Å². The van der Waals surface area contributed by atoms with Crippen LogP contribution < -0.4 is 10.9 Å². The molecule has 156 valence electrons. The molecule has 0 saturated carbocycles. The number of nitrogens with one attached hydrogen (secondary N) is 1. The van der Waals surface area contributed by atoms with Crippen molar-refractivity contribution < 1.29 is 4.79 Å². The van der Waals surface area contributed by atoms with Crippen LogP contribution in [0.1, 0.15) is 73.6 Å². The minimum Gasteiger partial charge on any atom is -0.322 e. The molecule has 30 heavy (non-hydrogen) atoms. The molecule has 1 atom stereocenters. The molecule has 0 saturated heterocycles. The van der Waals surface area contributed by atoms with Gasteiger partial charge < -0.3 is 5.32 Å². The molecular formula is C25H29N3O2. The Morgan fingerprint density at radius 1 is 1.13 bits per heavy atom. The Bertz CT molecular complexity index is 1130. The summed E-state index contributed by atoms with van der Waals surface area (Å²) in [6.07, 6.45) is 6.19. The Morgan fingerprint density at radius 3 is 2.77 bits per heavy atom. The van der Waals surface area contributed by atoms with Crippen LogP contribution in [0.4, 0.5) is 5.69 Å². The number of aromatic nitrogens is 2. The van der Waals surface area contributed by atoms with Gasteiger partial charge in [0.05, 0.1) is 10.9 Å². The lowest BCUT2D eigenvalue weighted by Crippen LogP contribution is -2.26. The molecule has 0 unspecified atom stereocenters. The van der Waals surface area contributed by atoms with E-state index in [2.05, 4.69) is 25.2 Å². The molecule has 1 amide bonds. The second-order valence-corrected chi connectivity index (χ2v) is 8.23. The number of aryl methyl sites for hydroxylation is 1. The number of carbonyl (C=O) groups excluding carboxylic acids is 1. The number of para-hydroxylation sites is 1. The minimum atomic E-state index is -0.179. The Labute approximate surface area is 177 Å². The summed E-state index contributed by atoms with van der Waals surface area (Å²) in [7, 11) is 0. The molecule has 1 N–H and O–H groups in total. The molecule has 2 aromatic carbocycles. The first-order chi connectivity index (χ1) is 14.6. The van der Waals surface area contributed by atoms with Crippen molar-refractivity contribution in [2.75, 3.05) is 5.32 Å². The summed E-state index contributed by atoms with van der Waals surface area (Å²) in [6, 6.07) is 13.1. The van der Waals surface area contributed by atoms with Crippen LogP contribution >= 0.6 is 0 Å². The highest BCUT2D eigenvalue weighted by Crippen LogP contribution is 2.27. The number of amides is 1. The van der Waals surface area contributed by atoms with Gasteiger partial charge >= 0.3 is 0 Å². The van der Waals surface area contributed by atoms with E-state index in [0.717, 1.165) is 55.7 Å². The van der Waals surface area contributed by atoms with E-state index in [1.807, 2.05) is 22.8 Å². The molecule has 1 aliphatic heterocycles. The Morgan fingerprint density at radius 2 is 1.93 bits per heavy atom. The molecule has 5 nitrogen and oxygen atoms in total. The molecule has 0 spiro atoms. The molecule has 2 heterocycles. The number of anilines is 1. The molecule has 0 radical (unpaired) electrons. The van der Waals surface area contributed by atoms with Gasteiger partial charge in [0.25, 0.3) is 11.5 Å². The van der Waals surface area contributed by atoms with Crippen molar-refractivity contribution in [3.05, 3.63) is 69.8 Å². The van der Waals surface area contributed by atoms with Gasteiger partial charge in [-0.2, -0.15) is 0 Å². The number of hydrogen-bond acceptors (Lipinski definition) is 3. The third-order valence-corrected chi connectivity index (χ3v) is 6.18. The fourth-order valence-corrected chi connectivity index (χ4v) is 4.19. The van der Waals surface area contributed by atoms with Crippen LogP contribution in [0.5, 0.6) is 0 Å². The highest BCUT2D eigenvalue weighted by molar-refractivity contribution is 6.06. The molecule has 5 heteroatoms. The van der Waals surface area contributed by atoms with Crippen molar-refractivity contribution in [3.63, 3.8) is 0 Å². The van der Waals surface area contributed by atoms with Crippen molar-refractivity contribution in [1.82, 2.24) is 9.55 Å². The first-order valence-corrected chi connectivity index (χ1v) is 11.0. The minimum absolute atomic E-state index is 0.00553. The van der Waals surface area contributed by atoms with E-state index in [9.17, 15) is 9.59 Å². The van der Waals surface area contributed by atoms with Gasteiger partial charge in [0.2, 0.25) is 0 Å². The highest BCUT2D eigenvalue weighted by Gasteiger charge is 2.16. The monoisotopic (exact) mass is 403 g/mol. The zero-order valence-corrected chi connectivity index (χ0v) is 17.8. The Hall–Kier alpha value is -2.95. The molecular weight excluding hydrogens is 374 g/mol. The van der Waals surface area contributed by atoms with Gasteiger partial charge in [-0.05, 0) is 55.0 Å². The predicted octanol–water partition coefficient (Wildman–Crippen LogP) is 5.28. The van der Waals surface area contributed by atoms with Crippen LogP contribution in [0.25, 0.3) is 10.9 Å². The van der Waals surface area contributed by atoms with Gasteiger partial charge in [0, 0.05) is 24.2 Å². The van der Waals surface area contributed by atoms with Crippen LogP contribution in [0.2, 0.25) is 0 Å². The third kappa shape index (κ3) is 4.02. The van der Waals surface area contributed by atoms with Gasteiger partial charge in [-0.3, -0.25) is 14.2 Å². The van der Waals surface area contributed by atoms with Crippen LogP contribution in [-0.2, 0) is 13.0 Å². The van der Waals surface area contributed by atoms with Gasteiger partial charge in [-0.25, -0.2) is 4.98 Å².